The smallest absolute Gasteiger partial charge is 0.497 e. The highest BCUT2D eigenvalue weighted by Gasteiger charge is 2.40. The Kier molecular flexibility index (Phi) is 6.86. The van der Waals surface area contributed by atoms with Crippen LogP contribution < -0.4 is 14.8 Å². The number of halogens is 6. The fourth-order valence-corrected chi connectivity index (χ4v) is 3.86. The van der Waals surface area contributed by atoms with Crippen LogP contribution >= 0.6 is 11.3 Å². The number of carbonyl (C=O) groups excluding carboxylic acids is 1. The van der Waals surface area contributed by atoms with Gasteiger partial charge in [0.05, 0.1) is 13.2 Å². The lowest BCUT2D eigenvalue weighted by Crippen LogP contribution is -2.28. The maximum absolute atomic E-state index is 13.6. The van der Waals surface area contributed by atoms with Crippen LogP contribution in [0.15, 0.2) is 48.5 Å². The fourth-order valence-electron chi connectivity index (χ4n) is 2.87. The lowest BCUT2D eigenvalue weighted by Gasteiger charge is -2.16. The molecule has 1 heterocycles. The highest BCUT2D eigenvalue weighted by atomic mass is 32.1. The van der Waals surface area contributed by atoms with Gasteiger partial charge in [0.1, 0.15) is 21.4 Å². The number of hydrogen-bond donors (Lipinski definition) is 1. The van der Waals surface area contributed by atoms with Crippen molar-refractivity contribution in [2.24, 2.45) is 0 Å². The topological polar surface area (TPSA) is 60.5 Å². The van der Waals surface area contributed by atoms with Crippen molar-refractivity contribution in [1.82, 2.24) is 10.3 Å². The summed E-state index contributed by atoms with van der Waals surface area (Å²) in [6, 6.07) is 10.1. The van der Waals surface area contributed by atoms with Gasteiger partial charge in [-0.25, -0.2) is 4.98 Å². The zero-order chi connectivity index (χ0) is 24.4. The summed E-state index contributed by atoms with van der Waals surface area (Å²) in [6.45, 7) is 1.42. The third-order valence-electron chi connectivity index (χ3n) is 4.36. The van der Waals surface area contributed by atoms with Crippen molar-refractivity contribution in [2.45, 2.75) is 25.5 Å². The van der Waals surface area contributed by atoms with E-state index in [9.17, 15) is 31.1 Å². The molecule has 1 atom stereocenters. The summed E-state index contributed by atoms with van der Waals surface area (Å²) in [6.07, 6.45) is -9.81. The molecule has 0 spiro atoms. The number of methoxy groups -OCH3 is 1. The number of benzene rings is 2. The minimum atomic E-state index is -4.91. The van der Waals surface area contributed by atoms with E-state index in [1.807, 2.05) is 0 Å². The fraction of sp³-hybridized carbons (Fsp3) is 0.238. The molecule has 33 heavy (non-hydrogen) atoms. The molecule has 176 valence electrons. The van der Waals surface area contributed by atoms with Crippen LogP contribution in [0.1, 0.15) is 33.9 Å². The van der Waals surface area contributed by atoms with Gasteiger partial charge in [0.15, 0.2) is 5.69 Å². The lowest BCUT2D eigenvalue weighted by molar-refractivity contribution is -0.274. The molecule has 3 rings (SSSR count). The SMILES string of the molecule is COc1cccc(-c2nc(C(F)(F)F)c(C(=O)NC(C)c3cccc(OC(F)(F)F)c3)s2)c1. The van der Waals surface area contributed by atoms with E-state index < -0.39 is 40.8 Å². The number of ether oxygens (including phenoxy) is 2. The lowest BCUT2D eigenvalue weighted by atomic mass is 10.1. The molecule has 1 unspecified atom stereocenters. The van der Waals surface area contributed by atoms with Gasteiger partial charge in [0, 0.05) is 5.56 Å². The van der Waals surface area contributed by atoms with Gasteiger partial charge in [-0.3, -0.25) is 4.79 Å². The predicted octanol–water partition coefficient (Wildman–Crippen LogP) is 6.23. The molecule has 0 saturated carbocycles. The zero-order valence-corrected chi connectivity index (χ0v) is 17.9. The van der Waals surface area contributed by atoms with Crippen LogP contribution in [-0.2, 0) is 6.18 Å². The number of hydrogen-bond acceptors (Lipinski definition) is 5. The second-order valence-corrected chi connectivity index (χ2v) is 7.74. The van der Waals surface area contributed by atoms with Crippen LogP contribution in [0.4, 0.5) is 26.3 Å². The summed E-state index contributed by atoms with van der Waals surface area (Å²) in [7, 11) is 1.40. The van der Waals surface area contributed by atoms with Crippen LogP contribution in [0, 0.1) is 0 Å². The van der Waals surface area contributed by atoms with Crippen molar-refractivity contribution in [3.8, 4) is 22.1 Å². The highest BCUT2D eigenvalue weighted by molar-refractivity contribution is 7.17. The van der Waals surface area contributed by atoms with Crippen molar-refractivity contribution >= 4 is 17.2 Å². The number of carbonyl (C=O) groups is 1. The van der Waals surface area contributed by atoms with Crippen molar-refractivity contribution in [2.75, 3.05) is 7.11 Å². The number of nitrogens with one attached hydrogen (secondary N) is 1. The van der Waals surface area contributed by atoms with E-state index in [-0.39, 0.29) is 10.6 Å². The van der Waals surface area contributed by atoms with Gasteiger partial charge in [-0.15, -0.1) is 24.5 Å². The predicted molar refractivity (Wildman–Crippen MR) is 108 cm³/mol. The Morgan fingerprint density at radius 1 is 1.03 bits per heavy atom. The second kappa shape index (κ2) is 9.30. The summed E-state index contributed by atoms with van der Waals surface area (Å²) in [5.41, 5.74) is -0.825. The van der Waals surface area contributed by atoms with Crippen LogP contribution in [0.2, 0.25) is 0 Å². The van der Waals surface area contributed by atoms with E-state index in [1.165, 1.54) is 38.3 Å². The third kappa shape index (κ3) is 6.15. The average molecular weight is 490 g/mol. The average Bonchev–Trinajstić information content (AvgIpc) is 3.19. The Hall–Kier alpha value is -3.28. The van der Waals surface area contributed by atoms with Gasteiger partial charge in [-0.1, -0.05) is 24.3 Å². The van der Waals surface area contributed by atoms with E-state index in [0.29, 0.717) is 22.6 Å². The van der Waals surface area contributed by atoms with Crippen LogP contribution in [0.25, 0.3) is 10.6 Å². The standard InChI is InChI=1S/C21H16F6N2O3S/c1-11(12-5-3-8-15(9-12)32-21(25,26)27)28-18(30)16-17(20(22,23)24)29-19(33-16)13-6-4-7-14(10-13)31-2/h3-11H,1-2H3,(H,28,30). The molecule has 0 saturated heterocycles. The molecule has 1 N–H and O–H groups in total. The van der Waals surface area contributed by atoms with E-state index in [0.717, 1.165) is 12.1 Å². The molecule has 0 radical (unpaired) electrons. The molecule has 1 aromatic heterocycles. The number of aromatic nitrogens is 1. The molecule has 12 heteroatoms. The maximum Gasteiger partial charge on any atom is 0.573 e. The maximum atomic E-state index is 13.6. The first-order valence-corrected chi connectivity index (χ1v) is 10.1. The van der Waals surface area contributed by atoms with Crippen LogP contribution in [0.3, 0.4) is 0 Å². The molecule has 0 bridgehead atoms. The zero-order valence-electron chi connectivity index (χ0n) is 17.0. The van der Waals surface area contributed by atoms with E-state index in [1.54, 1.807) is 12.1 Å². The molecular formula is C21H16F6N2O3S. The molecule has 1 amide bonds. The summed E-state index contributed by atoms with van der Waals surface area (Å²) in [5, 5.41) is 2.33. The largest absolute Gasteiger partial charge is 0.573 e. The molecule has 3 aromatic rings. The number of nitrogens with zero attached hydrogens (tertiary/aromatic N) is 1. The first-order chi connectivity index (χ1) is 15.4. The summed E-state index contributed by atoms with van der Waals surface area (Å²) in [4.78, 5) is 15.6. The number of thiazole rings is 1. The van der Waals surface area contributed by atoms with Crippen molar-refractivity contribution in [3.05, 3.63) is 64.7 Å². The summed E-state index contributed by atoms with van der Waals surface area (Å²) >= 11 is 0.543. The van der Waals surface area contributed by atoms with Gasteiger partial charge in [0.25, 0.3) is 5.91 Å². The van der Waals surface area contributed by atoms with Crippen LogP contribution in [0.5, 0.6) is 11.5 Å². The molecule has 5 nitrogen and oxygen atoms in total. The monoisotopic (exact) mass is 490 g/mol. The Balaban J connectivity index is 1.88. The Labute approximate surface area is 188 Å². The quantitative estimate of drug-likeness (QED) is 0.417. The molecular weight excluding hydrogens is 474 g/mol. The highest BCUT2D eigenvalue weighted by Crippen LogP contribution is 2.38. The third-order valence-corrected chi connectivity index (χ3v) is 5.46. The Morgan fingerprint density at radius 3 is 2.33 bits per heavy atom. The summed E-state index contributed by atoms with van der Waals surface area (Å²) in [5.74, 6) is -1.18. The normalized spacial score (nSPS) is 12.8. The molecule has 0 aliphatic heterocycles. The van der Waals surface area contributed by atoms with Crippen molar-refractivity contribution < 1.29 is 40.6 Å². The van der Waals surface area contributed by atoms with E-state index in [4.69, 9.17) is 4.74 Å². The molecule has 0 aliphatic rings. The Morgan fingerprint density at radius 2 is 1.70 bits per heavy atom. The number of alkyl halides is 6. The van der Waals surface area contributed by atoms with Gasteiger partial charge < -0.3 is 14.8 Å². The van der Waals surface area contributed by atoms with Gasteiger partial charge >= 0.3 is 12.5 Å². The van der Waals surface area contributed by atoms with Gasteiger partial charge in [-0.05, 0) is 36.8 Å². The van der Waals surface area contributed by atoms with Crippen molar-refractivity contribution in [1.29, 1.82) is 0 Å². The first-order valence-electron chi connectivity index (χ1n) is 9.26. The first kappa shape index (κ1) is 24.4. The number of amides is 1. The Bertz CT molecular complexity index is 1140. The van der Waals surface area contributed by atoms with Gasteiger partial charge in [0.2, 0.25) is 0 Å². The second-order valence-electron chi connectivity index (χ2n) is 6.74. The molecule has 2 aromatic carbocycles. The minimum absolute atomic E-state index is 0.0420. The minimum Gasteiger partial charge on any atom is -0.497 e. The summed E-state index contributed by atoms with van der Waals surface area (Å²) < 4.78 is 86.9. The number of rotatable bonds is 6. The van der Waals surface area contributed by atoms with Crippen molar-refractivity contribution in [3.63, 3.8) is 0 Å². The van der Waals surface area contributed by atoms with E-state index >= 15 is 0 Å². The van der Waals surface area contributed by atoms with Crippen LogP contribution in [-0.4, -0.2) is 24.4 Å². The van der Waals surface area contributed by atoms with Gasteiger partial charge in [-0.2, -0.15) is 13.2 Å². The molecule has 0 fully saturated rings. The van der Waals surface area contributed by atoms with E-state index in [2.05, 4.69) is 15.0 Å². The molecule has 0 aliphatic carbocycles.